The van der Waals surface area contributed by atoms with Gasteiger partial charge in [0.25, 0.3) is 0 Å². The summed E-state index contributed by atoms with van der Waals surface area (Å²) in [7, 11) is 1.79. The van der Waals surface area contributed by atoms with Crippen LogP contribution in [-0.4, -0.2) is 40.6 Å². The first-order valence-corrected chi connectivity index (χ1v) is 8.02. The summed E-state index contributed by atoms with van der Waals surface area (Å²) in [4.78, 5) is 25.3. The molecule has 1 unspecified atom stereocenters. The van der Waals surface area contributed by atoms with Gasteiger partial charge in [0.2, 0.25) is 0 Å². The lowest BCUT2D eigenvalue weighted by atomic mass is 9.79. The van der Waals surface area contributed by atoms with Crippen molar-refractivity contribution in [3.05, 3.63) is 0 Å². The Hall–Kier alpha value is -1.26. The van der Waals surface area contributed by atoms with Crippen LogP contribution in [0.1, 0.15) is 65.7 Å². The standard InChI is InChI=1S/C16H30N2O3/c1-12(2)10-13(3)18(4)15(21)17-16(11-14(19)20)8-6-5-7-9-16/h12-13H,5-11H2,1-4H3,(H,17,21)(H,19,20). The maximum absolute atomic E-state index is 12.4. The molecule has 1 atom stereocenters. The van der Waals surface area contributed by atoms with Crippen molar-refractivity contribution in [3.8, 4) is 0 Å². The molecule has 1 aliphatic carbocycles. The molecule has 0 saturated heterocycles. The number of hydrogen-bond acceptors (Lipinski definition) is 2. The number of rotatable bonds is 6. The lowest BCUT2D eigenvalue weighted by Gasteiger charge is -2.39. The van der Waals surface area contributed by atoms with Gasteiger partial charge in [-0.25, -0.2) is 4.79 Å². The van der Waals surface area contributed by atoms with Gasteiger partial charge < -0.3 is 15.3 Å². The van der Waals surface area contributed by atoms with E-state index in [1.807, 2.05) is 6.92 Å². The highest BCUT2D eigenvalue weighted by Crippen LogP contribution is 2.31. The average molecular weight is 298 g/mol. The van der Waals surface area contributed by atoms with Gasteiger partial charge in [-0.05, 0) is 32.1 Å². The van der Waals surface area contributed by atoms with Gasteiger partial charge in [0.15, 0.2) is 0 Å². The third-order valence-electron chi connectivity index (χ3n) is 4.47. The molecule has 0 aromatic rings. The first kappa shape index (κ1) is 17.8. The van der Waals surface area contributed by atoms with E-state index in [0.717, 1.165) is 38.5 Å². The highest BCUT2D eigenvalue weighted by atomic mass is 16.4. The number of urea groups is 1. The van der Waals surface area contributed by atoms with Crippen molar-refractivity contribution in [3.63, 3.8) is 0 Å². The zero-order valence-corrected chi connectivity index (χ0v) is 13.8. The Morgan fingerprint density at radius 1 is 1.19 bits per heavy atom. The van der Waals surface area contributed by atoms with E-state index in [2.05, 4.69) is 19.2 Å². The zero-order valence-electron chi connectivity index (χ0n) is 13.8. The minimum atomic E-state index is -0.838. The lowest BCUT2D eigenvalue weighted by molar-refractivity contribution is -0.139. The van der Waals surface area contributed by atoms with Gasteiger partial charge in [0, 0.05) is 13.1 Å². The molecule has 0 aromatic carbocycles. The second kappa shape index (κ2) is 7.66. The van der Waals surface area contributed by atoms with E-state index in [-0.39, 0.29) is 18.5 Å². The summed E-state index contributed by atoms with van der Waals surface area (Å²) in [5.74, 6) is -0.312. The lowest BCUT2D eigenvalue weighted by Crippen LogP contribution is -2.55. The minimum Gasteiger partial charge on any atom is -0.481 e. The molecule has 0 spiro atoms. The van der Waals surface area contributed by atoms with Gasteiger partial charge in [-0.15, -0.1) is 0 Å². The molecule has 0 bridgehead atoms. The van der Waals surface area contributed by atoms with Crippen molar-refractivity contribution in [2.75, 3.05) is 7.05 Å². The van der Waals surface area contributed by atoms with Crippen molar-refractivity contribution >= 4 is 12.0 Å². The molecule has 0 aromatic heterocycles. The molecular formula is C16H30N2O3. The number of hydrogen-bond donors (Lipinski definition) is 2. The maximum Gasteiger partial charge on any atom is 0.317 e. The van der Waals surface area contributed by atoms with Gasteiger partial charge in [-0.3, -0.25) is 4.79 Å². The van der Waals surface area contributed by atoms with Gasteiger partial charge in [-0.2, -0.15) is 0 Å². The van der Waals surface area contributed by atoms with E-state index in [9.17, 15) is 9.59 Å². The Balaban J connectivity index is 2.69. The van der Waals surface area contributed by atoms with E-state index in [1.165, 1.54) is 0 Å². The smallest absolute Gasteiger partial charge is 0.317 e. The summed E-state index contributed by atoms with van der Waals surface area (Å²) in [6.07, 6.45) is 5.57. The van der Waals surface area contributed by atoms with E-state index in [4.69, 9.17) is 5.11 Å². The predicted octanol–water partition coefficient (Wildman–Crippen LogP) is 3.24. The van der Waals surface area contributed by atoms with Crippen LogP contribution < -0.4 is 5.32 Å². The monoisotopic (exact) mass is 298 g/mol. The molecule has 122 valence electrons. The van der Waals surface area contributed by atoms with Crippen LogP contribution in [0.3, 0.4) is 0 Å². The summed E-state index contributed by atoms with van der Waals surface area (Å²) in [6, 6.07) is 0.00164. The van der Waals surface area contributed by atoms with Crippen LogP contribution in [-0.2, 0) is 4.79 Å². The Morgan fingerprint density at radius 2 is 1.76 bits per heavy atom. The van der Waals surface area contributed by atoms with Crippen LogP contribution in [0.25, 0.3) is 0 Å². The zero-order chi connectivity index (χ0) is 16.0. The highest BCUT2D eigenvalue weighted by Gasteiger charge is 2.37. The van der Waals surface area contributed by atoms with E-state index >= 15 is 0 Å². The van der Waals surface area contributed by atoms with Gasteiger partial charge >= 0.3 is 12.0 Å². The summed E-state index contributed by atoms with van der Waals surface area (Å²) in [5.41, 5.74) is -0.563. The second-order valence-electron chi connectivity index (χ2n) is 6.93. The van der Waals surface area contributed by atoms with Crippen LogP contribution in [0, 0.1) is 5.92 Å². The van der Waals surface area contributed by atoms with Crippen LogP contribution in [0.5, 0.6) is 0 Å². The average Bonchev–Trinajstić information content (AvgIpc) is 2.36. The first-order valence-electron chi connectivity index (χ1n) is 8.02. The number of nitrogens with zero attached hydrogens (tertiary/aromatic N) is 1. The fourth-order valence-corrected chi connectivity index (χ4v) is 3.22. The largest absolute Gasteiger partial charge is 0.481 e. The number of aliphatic carboxylic acids is 1. The summed E-state index contributed by atoms with van der Waals surface area (Å²) >= 11 is 0. The van der Waals surface area contributed by atoms with Crippen LogP contribution in [0.15, 0.2) is 0 Å². The molecule has 1 fully saturated rings. The van der Waals surface area contributed by atoms with Crippen molar-refractivity contribution in [2.45, 2.75) is 77.3 Å². The summed E-state index contributed by atoms with van der Waals surface area (Å²) in [6.45, 7) is 6.30. The van der Waals surface area contributed by atoms with Crippen LogP contribution >= 0.6 is 0 Å². The van der Waals surface area contributed by atoms with Crippen molar-refractivity contribution in [1.82, 2.24) is 10.2 Å². The number of amides is 2. The fourth-order valence-electron chi connectivity index (χ4n) is 3.22. The second-order valence-corrected chi connectivity index (χ2v) is 6.93. The molecule has 1 rings (SSSR count). The Kier molecular flexibility index (Phi) is 6.49. The molecule has 0 radical (unpaired) electrons. The maximum atomic E-state index is 12.4. The van der Waals surface area contributed by atoms with E-state index < -0.39 is 11.5 Å². The topological polar surface area (TPSA) is 69.6 Å². The number of carbonyl (C=O) groups excluding carboxylic acids is 1. The quantitative estimate of drug-likeness (QED) is 0.791. The Labute approximate surface area is 128 Å². The highest BCUT2D eigenvalue weighted by molar-refractivity contribution is 5.77. The molecule has 5 heteroatoms. The van der Waals surface area contributed by atoms with Gasteiger partial charge in [0.05, 0.1) is 12.0 Å². The van der Waals surface area contributed by atoms with E-state index in [0.29, 0.717) is 5.92 Å². The van der Waals surface area contributed by atoms with E-state index in [1.54, 1.807) is 11.9 Å². The summed E-state index contributed by atoms with van der Waals surface area (Å²) < 4.78 is 0. The van der Waals surface area contributed by atoms with Gasteiger partial charge in [0.1, 0.15) is 0 Å². The summed E-state index contributed by atoms with van der Waals surface area (Å²) in [5, 5.41) is 12.2. The molecule has 21 heavy (non-hydrogen) atoms. The van der Waals surface area contributed by atoms with Crippen LogP contribution in [0.4, 0.5) is 4.79 Å². The third-order valence-corrected chi connectivity index (χ3v) is 4.47. The van der Waals surface area contributed by atoms with Crippen molar-refractivity contribution < 1.29 is 14.7 Å². The molecule has 0 heterocycles. The SMILES string of the molecule is CC(C)CC(C)N(C)C(=O)NC1(CC(=O)O)CCCCC1. The Bertz CT molecular complexity index is 363. The van der Waals surface area contributed by atoms with Crippen molar-refractivity contribution in [1.29, 1.82) is 0 Å². The molecule has 0 aliphatic heterocycles. The molecule has 2 N–H and O–H groups in total. The Morgan fingerprint density at radius 3 is 2.24 bits per heavy atom. The normalized spacial score (nSPS) is 19.1. The molecule has 1 aliphatic rings. The van der Waals surface area contributed by atoms with Gasteiger partial charge in [-0.1, -0.05) is 33.1 Å². The third kappa shape index (κ3) is 5.56. The predicted molar refractivity (Wildman–Crippen MR) is 83.3 cm³/mol. The molecule has 2 amide bonds. The number of carboxylic acid groups (broad SMARTS) is 1. The molecule has 5 nitrogen and oxygen atoms in total. The number of carboxylic acids is 1. The number of nitrogens with one attached hydrogen (secondary N) is 1. The van der Waals surface area contributed by atoms with Crippen LogP contribution in [0.2, 0.25) is 0 Å². The first-order chi connectivity index (χ1) is 9.76. The fraction of sp³-hybridized carbons (Fsp3) is 0.875. The molecule has 1 saturated carbocycles. The minimum absolute atomic E-state index is 0.0190. The van der Waals surface area contributed by atoms with Crippen molar-refractivity contribution in [2.24, 2.45) is 5.92 Å². The number of carbonyl (C=O) groups is 2. The molecular weight excluding hydrogens is 268 g/mol.